The highest BCUT2D eigenvalue weighted by Crippen LogP contribution is 2.14. The van der Waals surface area contributed by atoms with E-state index in [9.17, 15) is 0 Å². The highest BCUT2D eigenvalue weighted by atomic mass is 35.5. The van der Waals surface area contributed by atoms with Gasteiger partial charge in [0.05, 0.1) is 27.2 Å². The summed E-state index contributed by atoms with van der Waals surface area (Å²) >= 11 is 0. The molecule has 0 fully saturated rings. The number of hydrogen-bond donors (Lipinski definition) is 0. The molecule has 0 heterocycles. The Kier molecular flexibility index (Phi) is 36.6. The first-order valence-electron chi connectivity index (χ1n) is 18.2. The highest BCUT2D eigenvalue weighted by molar-refractivity contribution is 4.82. The van der Waals surface area contributed by atoms with Gasteiger partial charge in [0, 0.05) is 0 Å². The number of allylic oxidation sites excluding steroid dienone is 4. The first-order valence-corrected chi connectivity index (χ1v) is 18.2. The minimum atomic E-state index is 0. The van der Waals surface area contributed by atoms with Crippen molar-refractivity contribution in [3.8, 4) is 0 Å². The van der Waals surface area contributed by atoms with Gasteiger partial charge >= 0.3 is 0 Å². The van der Waals surface area contributed by atoms with E-state index >= 15 is 0 Å². The molecule has 0 aromatic rings. The van der Waals surface area contributed by atoms with Gasteiger partial charge in [-0.3, -0.25) is 0 Å². The molecule has 0 aliphatic heterocycles. The Bertz CT molecular complexity index is 466. The number of halogens is 1. The Balaban J connectivity index is 0. The monoisotopic (exact) mass is 582 g/mol. The average molecular weight is 582 g/mol. The minimum absolute atomic E-state index is 0. The molecule has 0 saturated carbocycles. The van der Waals surface area contributed by atoms with Gasteiger partial charge in [-0.05, 0) is 77.0 Å². The van der Waals surface area contributed by atoms with Gasteiger partial charge in [-0.15, -0.1) is 0 Å². The lowest BCUT2D eigenvalue weighted by Gasteiger charge is -2.30. The molecular weight excluding hydrogens is 506 g/mol. The van der Waals surface area contributed by atoms with Crippen molar-refractivity contribution in [3.63, 3.8) is 0 Å². The van der Waals surface area contributed by atoms with Crippen LogP contribution in [-0.2, 0) is 0 Å². The number of nitrogens with zero attached hydrogens (tertiary/aromatic N) is 1. The Labute approximate surface area is 261 Å². The van der Waals surface area contributed by atoms with Crippen LogP contribution in [0.1, 0.15) is 194 Å². The Morgan fingerprint density at radius 1 is 0.325 bits per heavy atom. The molecule has 0 aliphatic rings. The van der Waals surface area contributed by atoms with E-state index in [2.05, 4.69) is 52.2 Å². The van der Waals surface area contributed by atoms with Crippen molar-refractivity contribution in [2.75, 3.05) is 27.2 Å². The van der Waals surface area contributed by atoms with Crippen LogP contribution in [0, 0.1) is 0 Å². The second-order valence-electron chi connectivity index (χ2n) is 13.3. The maximum absolute atomic E-state index is 2.45. The predicted octanol–water partition coefficient (Wildman–Crippen LogP) is 10.1. The summed E-state index contributed by atoms with van der Waals surface area (Å²) in [5.74, 6) is 0. The van der Waals surface area contributed by atoms with Gasteiger partial charge in [-0.2, -0.15) is 0 Å². The van der Waals surface area contributed by atoms with Crippen molar-refractivity contribution in [1.29, 1.82) is 0 Å². The van der Waals surface area contributed by atoms with Gasteiger partial charge in [0.25, 0.3) is 0 Å². The zero-order valence-electron chi connectivity index (χ0n) is 28.3. The van der Waals surface area contributed by atoms with Crippen molar-refractivity contribution in [2.45, 2.75) is 194 Å². The molecule has 0 atom stereocenters. The zero-order chi connectivity index (χ0) is 28.5. The lowest BCUT2D eigenvalue weighted by molar-refractivity contribution is -0.890. The third-order valence-corrected chi connectivity index (χ3v) is 8.55. The Morgan fingerprint density at radius 3 is 0.825 bits per heavy atom. The fourth-order valence-electron chi connectivity index (χ4n) is 5.69. The van der Waals surface area contributed by atoms with E-state index < -0.39 is 0 Å². The standard InChI is InChI=1S/C38H76N.ClH/c1-5-7-9-11-13-15-17-19-21-23-25-27-29-31-33-35-37-39(3,4)38-36-34-32-30-28-26-24-22-20-18-16-14-12-10-8-6-2;/h19-22H,5-18,23-38H2,1-4H3;1H/q+1;/p-1. The lowest BCUT2D eigenvalue weighted by Crippen LogP contribution is -3.00. The third kappa shape index (κ3) is 35.8. The molecule has 2 heteroatoms. The van der Waals surface area contributed by atoms with Crippen LogP contribution in [-0.4, -0.2) is 31.7 Å². The van der Waals surface area contributed by atoms with Crippen LogP contribution < -0.4 is 12.4 Å². The van der Waals surface area contributed by atoms with E-state index in [4.69, 9.17) is 0 Å². The summed E-state index contributed by atoms with van der Waals surface area (Å²) in [5, 5.41) is 0. The number of quaternary nitrogens is 1. The Morgan fingerprint density at radius 2 is 0.550 bits per heavy atom. The molecule has 0 radical (unpaired) electrons. The van der Waals surface area contributed by atoms with E-state index in [1.807, 2.05) is 0 Å². The summed E-state index contributed by atoms with van der Waals surface area (Å²) < 4.78 is 1.23. The van der Waals surface area contributed by atoms with E-state index in [1.54, 1.807) is 0 Å². The van der Waals surface area contributed by atoms with Gasteiger partial charge in [0.15, 0.2) is 0 Å². The molecule has 0 aromatic heterocycles. The molecule has 0 saturated heterocycles. The van der Waals surface area contributed by atoms with Crippen LogP contribution in [0.3, 0.4) is 0 Å². The van der Waals surface area contributed by atoms with Crippen LogP contribution in [0.2, 0.25) is 0 Å². The molecule has 0 rings (SSSR count). The van der Waals surface area contributed by atoms with Gasteiger partial charge in [-0.25, -0.2) is 0 Å². The predicted molar refractivity (Wildman–Crippen MR) is 181 cm³/mol. The molecule has 0 N–H and O–H groups in total. The third-order valence-electron chi connectivity index (χ3n) is 8.55. The molecule has 0 aliphatic carbocycles. The quantitative estimate of drug-likeness (QED) is 0.0421. The summed E-state index contributed by atoms with van der Waals surface area (Å²) in [6.45, 7) is 7.33. The summed E-state index contributed by atoms with van der Waals surface area (Å²) in [4.78, 5) is 0. The second-order valence-corrected chi connectivity index (χ2v) is 13.3. The minimum Gasteiger partial charge on any atom is -1.00 e. The zero-order valence-corrected chi connectivity index (χ0v) is 29.1. The van der Waals surface area contributed by atoms with Crippen LogP contribution in [0.25, 0.3) is 0 Å². The van der Waals surface area contributed by atoms with E-state index in [0.29, 0.717) is 0 Å². The van der Waals surface area contributed by atoms with Crippen molar-refractivity contribution < 1.29 is 16.9 Å². The molecule has 0 aromatic carbocycles. The van der Waals surface area contributed by atoms with Crippen molar-refractivity contribution in [2.24, 2.45) is 0 Å². The lowest BCUT2D eigenvalue weighted by atomic mass is 10.1. The normalized spacial score (nSPS) is 12.1. The average Bonchev–Trinajstić information content (AvgIpc) is 2.92. The van der Waals surface area contributed by atoms with E-state index in [0.717, 1.165) is 0 Å². The molecule has 40 heavy (non-hydrogen) atoms. The summed E-state index contributed by atoms with van der Waals surface area (Å²) in [7, 11) is 4.91. The van der Waals surface area contributed by atoms with Gasteiger partial charge in [0.1, 0.15) is 0 Å². The first kappa shape index (κ1) is 41.9. The molecule has 240 valence electrons. The van der Waals surface area contributed by atoms with Crippen molar-refractivity contribution >= 4 is 0 Å². The summed E-state index contributed by atoms with van der Waals surface area (Å²) in [6.07, 6.45) is 49.0. The summed E-state index contributed by atoms with van der Waals surface area (Å²) in [6, 6.07) is 0. The van der Waals surface area contributed by atoms with Gasteiger partial charge in [-0.1, -0.05) is 141 Å². The van der Waals surface area contributed by atoms with Gasteiger partial charge in [0.2, 0.25) is 0 Å². The first-order chi connectivity index (χ1) is 19.1. The fraction of sp³-hybridized carbons (Fsp3) is 0.895. The fourth-order valence-corrected chi connectivity index (χ4v) is 5.69. The second kappa shape index (κ2) is 34.9. The number of hydrogen-bond acceptors (Lipinski definition) is 0. The van der Waals surface area contributed by atoms with E-state index in [1.165, 1.54) is 197 Å². The topological polar surface area (TPSA) is 0 Å². The van der Waals surface area contributed by atoms with Crippen LogP contribution in [0.4, 0.5) is 0 Å². The van der Waals surface area contributed by atoms with Crippen LogP contribution in [0.5, 0.6) is 0 Å². The van der Waals surface area contributed by atoms with Gasteiger partial charge < -0.3 is 16.9 Å². The molecule has 0 amide bonds. The Hall–Kier alpha value is -0.270. The maximum Gasteiger partial charge on any atom is 0.0782 e. The molecule has 1 nitrogen and oxygen atoms in total. The highest BCUT2D eigenvalue weighted by Gasteiger charge is 2.13. The number of unbranched alkanes of at least 4 members (excludes halogenated alkanes) is 24. The van der Waals surface area contributed by atoms with Crippen molar-refractivity contribution in [1.82, 2.24) is 0 Å². The largest absolute Gasteiger partial charge is 1.00 e. The summed E-state index contributed by atoms with van der Waals surface area (Å²) in [5.41, 5.74) is 0. The molecule has 0 spiro atoms. The number of rotatable bonds is 32. The van der Waals surface area contributed by atoms with Crippen molar-refractivity contribution in [3.05, 3.63) is 24.3 Å². The SMILES string of the molecule is CCCCCCCCC=CCCCCCCCC[N+](C)(C)CCCCCCCCC=CCCCCCCCC.[Cl-]. The van der Waals surface area contributed by atoms with Crippen LogP contribution >= 0.6 is 0 Å². The maximum atomic E-state index is 2.45. The molecule has 0 unspecified atom stereocenters. The molecule has 0 bridgehead atoms. The molecular formula is C38H76ClN. The van der Waals surface area contributed by atoms with E-state index in [-0.39, 0.29) is 12.4 Å². The van der Waals surface area contributed by atoms with Crippen LogP contribution in [0.15, 0.2) is 24.3 Å². The smallest absolute Gasteiger partial charge is 0.0782 e.